The van der Waals surface area contributed by atoms with E-state index in [4.69, 9.17) is 39.5 Å². The molecule has 3 rings (SSSR count). The molecule has 146 valence electrons. The van der Waals surface area contributed by atoms with Gasteiger partial charge in [0.1, 0.15) is 5.75 Å². The van der Waals surface area contributed by atoms with E-state index in [-0.39, 0.29) is 5.02 Å². The van der Waals surface area contributed by atoms with Crippen molar-refractivity contribution in [2.75, 3.05) is 0 Å². The molecule has 1 amide bonds. The fourth-order valence-electron chi connectivity index (χ4n) is 2.27. The fraction of sp³-hybridized carbons (Fsp3) is 0. The molecule has 3 aromatic carbocycles. The maximum absolute atomic E-state index is 12.1. The Bertz CT molecular complexity index is 1080. The number of esters is 1. The number of hydrazone groups is 1. The Morgan fingerprint density at radius 3 is 2.31 bits per heavy atom. The Kier molecular flexibility index (Phi) is 6.88. The molecule has 0 aromatic heterocycles. The van der Waals surface area contributed by atoms with E-state index in [1.165, 1.54) is 24.4 Å². The molecule has 3 aromatic rings. The van der Waals surface area contributed by atoms with Gasteiger partial charge in [-0.1, -0.05) is 40.9 Å². The van der Waals surface area contributed by atoms with Crippen LogP contribution in [-0.2, 0) is 0 Å². The highest BCUT2D eigenvalue weighted by Gasteiger charge is 2.09. The van der Waals surface area contributed by atoms with Crippen LogP contribution >= 0.6 is 34.8 Å². The molecule has 0 unspecified atom stereocenters. The van der Waals surface area contributed by atoms with Gasteiger partial charge in [-0.25, -0.2) is 10.2 Å². The molecule has 0 radical (unpaired) electrons. The van der Waals surface area contributed by atoms with Gasteiger partial charge in [-0.15, -0.1) is 0 Å². The van der Waals surface area contributed by atoms with Crippen molar-refractivity contribution in [3.8, 4) is 5.75 Å². The molecule has 29 heavy (non-hydrogen) atoms. The van der Waals surface area contributed by atoms with E-state index in [1.54, 1.807) is 48.5 Å². The minimum Gasteiger partial charge on any atom is -0.423 e. The quantitative estimate of drug-likeness (QED) is 0.238. The summed E-state index contributed by atoms with van der Waals surface area (Å²) < 4.78 is 5.30. The van der Waals surface area contributed by atoms with E-state index in [9.17, 15) is 9.59 Å². The standard InChI is InChI=1S/C21H13Cl3N2O3/c22-16-3-1-2-15(10-16)21(28)29-17-7-4-13(5-8-17)12-25-26-20(27)14-6-9-18(23)19(24)11-14/h1-12H,(H,26,27)/b25-12+. The summed E-state index contributed by atoms with van der Waals surface area (Å²) in [7, 11) is 0. The van der Waals surface area contributed by atoms with Crippen molar-refractivity contribution in [2.45, 2.75) is 0 Å². The lowest BCUT2D eigenvalue weighted by Gasteiger charge is -2.05. The highest BCUT2D eigenvalue weighted by molar-refractivity contribution is 6.42. The second-order valence-corrected chi connectivity index (χ2v) is 7.05. The smallest absolute Gasteiger partial charge is 0.343 e. The van der Waals surface area contributed by atoms with E-state index in [0.29, 0.717) is 32.5 Å². The zero-order chi connectivity index (χ0) is 20.8. The number of hydrogen-bond acceptors (Lipinski definition) is 4. The van der Waals surface area contributed by atoms with Gasteiger partial charge in [-0.3, -0.25) is 4.79 Å². The Morgan fingerprint density at radius 1 is 0.862 bits per heavy atom. The normalized spacial score (nSPS) is 10.7. The number of carbonyl (C=O) groups is 2. The minimum atomic E-state index is -0.511. The fourth-order valence-corrected chi connectivity index (χ4v) is 2.76. The first-order chi connectivity index (χ1) is 13.9. The largest absolute Gasteiger partial charge is 0.423 e. The Hall–Kier alpha value is -2.86. The predicted molar refractivity (Wildman–Crippen MR) is 114 cm³/mol. The van der Waals surface area contributed by atoms with Crippen LogP contribution in [0.4, 0.5) is 0 Å². The van der Waals surface area contributed by atoms with Crippen molar-refractivity contribution in [1.82, 2.24) is 5.43 Å². The van der Waals surface area contributed by atoms with Crippen LogP contribution in [0.25, 0.3) is 0 Å². The summed E-state index contributed by atoms with van der Waals surface area (Å²) in [5, 5.41) is 4.99. The van der Waals surface area contributed by atoms with Gasteiger partial charge in [0.25, 0.3) is 5.91 Å². The molecular formula is C21H13Cl3N2O3. The van der Waals surface area contributed by atoms with Crippen molar-refractivity contribution in [3.63, 3.8) is 0 Å². The second-order valence-electron chi connectivity index (χ2n) is 5.80. The monoisotopic (exact) mass is 446 g/mol. The van der Waals surface area contributed by atoms with Crippen LogP contribution in [0.1, 0.15) is 26.3 Å². The molecule has 0 bridgehead atoms. The molecule has 0 spiro atoms. The van der Waals surface area contributed by atoms with Gasteiger partial charge < -0.3 is 4.74 Å². The number of ether oxygens (including phenoxy) is 1. The van der Waals surface area contributed by atoms with Crippen LogP contribution in [0.3, 0.4) is 0 Å². The topological polar surface area (TPSA) is 67.8 Å². The second kappa shape index (κ2) is 9.56. The molecule has 0 aliphatic heterocycles. The van der Waals surface area contributed by atoms with Crippen molar-refractivity contribution >= 4 is 52.9 Å². The highest BCUT2D eigenvalue weighted by Crippen LogP contribution is 2.22. The predicted octanol–water partition coefficient (Wildman–Crippen LogP) is 5.63. The molecule has 0 atom stereocenters. The molecule has 8 heteroatoms. The van der Waals surface area contributed by atoms with Gasteiger partial charge in [0, 0.05) is 10.6 Å². The molecular weight excluding hydrogens is 435 g/mol. The first-order valence-corrected chi connectivity index (χ1v) is 9.42. The molecule has 0 saturated carbocycles. The third-order valence-electron chi connectivity index (χ3n) is 3.71. The van der Waals surface area contributed by atoms with Crippen molar-refractivity contribution in [1.29, 1.82) is 0 Å². The van der Waals surface area contributed by atoms with Gasteiger partial charge in [-0.2, -0.15) is 5.10 Å². The molecule has 0 fully saturated rings. The van der Waals surface area contributed by atoms with Crippen LogP contribution < -0.4 is 10.2 Å². The number of carbonyl (C=O) groups excluding carboxylic acids is 2. The van der Waals surface area contributed by atoms with Gasteiger partial charge in [0.2, 0.25) is 0 Å². The maximum atomic E-state index is 12.1. The molecule has 5 nitrogen and oxygen atoms in total. The van der Waals surface area contributed by atoms with E-state index in [2.05, 4.69) is 10.5 Å². The molecule has 0 saturated heterocycles. The Balaban J connectivity index is 1.57. The first-order valence-electron chi connectivity index (χ1n) is 8.28. The summed E-state index contributed by atoms with van der Waals surface area (Å²) in [6, 6.07) is 17.6. The van der Waals surface area contributed by atoms with Crippen LogP contribution in [-0.4, -0.2) is 18.1 Å². The summed E-state index contributed by atoms with van der Waals surface area (Å²) in [6.07, 6.45) is 1.46. The van der Waals surface area contributed by atoms with Crippen molar-refractivity contribution in [2.24, 2.45) is 5.10 Å². The molecule has 0 aliphatic carbocycles. The van der Waals surface area contributed by atoms with E-state index in [0.717, 1.165) is 0 Å². The van der Waals surface area contributed by atoms with Crippen LogP contribution in [0.5, 0.6) is 5.75 Å². The summed E-state index contributed by atoms with van der Waals surface area (Å²) >= 11 is 17.6. The van der Waals surface area contributed by atoms with Crippen LogP contribution in [0.15, 0.2) is 71.8 Å². The highest BCUT2D eigenvalue weighted by atomic mass is 35.5. The van der Waals surface area contributed by atoms with Crippen LogP contribution in [0.2, 0.25) is 15.1 Å². The van der Waals surface area contributed by atoms with Gasteiger partial charge in [0.15, 0.2) is 0 Å². The lowest BCUT2D eigenvalue weighted by molar-refractivity contribution is 0.0734. The first kappa shape index (κ1) is 20.9. The third kappa shape index (κ3) is 5.81. The lowest BCUT2D eigenvalue weighted by Crippen LogP contribution is -2.17. The summed E-state index contributed by atoms with van der Waals surface area (Å²) in [5.74, 6) is -0.568. The van der Waals surface area contributed by atoms with E-state index < -0.39 is 11.9 Å². The number of halogens is 3. The number of rotatable bonds is 5. The Labute approximate surface area is 181 Å². The number of hydrogen-bond donors (Lipinski definition) is 1. The van der Waals surface area contributed by atoms with Crippen LogP contribution in [0, 0.1) is 0 Å². The zero-order valence-corrected chi connectivity index (χ0v) is 17.0. The average molecular weight is 448 g/mol. The average Bonchev–Trinajstić information content (AvgIpc) is 2.71. The Morgan fingerprint density at radius 2 is 1.62 bits per heavy atom. The van der Waals surface area contributed by atoms with E-state index in [1.807, 2.05) is 0 Å². The lowest BCUT2D eigenvalue weighted by atomic mass is 10.2. The maximum Gasteiger partial charge on any atom is 0.343 e. The minimum absolute atomic E-state index is 0.284. The van der Waals surface area contributed by atoms with Gasteiger partial charge in [-0.05, 0) is 66.2 Å². The molecule has 0 heterocycles. The number of nitrogens with one attached hydrogen (secondary N) is 1. The number of amides is 1. The van der Waals surface area contributed by atoms with E-state index >= 15 is 0 Å². The zero-order valence-electron chi connectivity index (χ0n) is 14.7. The summed E-state index contributed by atoms with van der Waals surface area (Å²) in [5.41, 5.74) is 3.78. The number of benzene rings is 3. The van der Waals surface area contributed by atoms with Gasteiger partial charge >= 0.3 is 5.97 Å². The third-order valence-corrected chi connectivity index (χ3v) is 4.69. The number of nitrogens with zero attached hydrogens (tertiary/aromatic N) is 1. The summed E-state index contributed by atoms with van der Waals surface area (Å²) in [4.78, 5) is 24.1. The van der Waals surface area contributed by atoms with Crippen molar-refractivity contribution in [3.05, 3.63) is 98.5 Å². The van der Waals surface area contributed by atoms with Gasteiger partial charge in [0.05, 0.1) is 21.8 Å². The summed E-state index contributed by atoms with van der Waals surface area (Å²) in [6.45, 7) is 0. The SMILES string of the molecule is O=C(N/N=C/c1ccc(OC(=O)c2cccc(Cl)c2)cc1)c1ccc(Cl)c(Cl)c1. The molecule has 1 N–H and O–H groups in total. The molecule has 0 aliphatic rings. The van der Waals surface area contributed by atoms with Crippen molar-refractivity contribution < 1.29 is 14.3 Å².